The Morgan fingerprint density at radius 2 is 1.14 bits per heavy atom. The molecule has 0 bridgehead atoms. The molecule has 0 aliphatic rings. The molecule has 0 aliphatic carbocycles. The van der Waals surface area contributed by atoms with Gasteiger partial charge in [0.25, 0.3) is 0 Å². The summed E-state index contributed by atoms with van der Waals surface area (Å²) in [6.07, 6.45) is 0. The van der Waals surface area contributed by atoms with Gasteiger partial charge < -0.3 is 19.2 Å². The molecule has 0 aliphatic heterocycles. The largest absolute Gasteiger partial charge is 3.00 e. The second-order valence-electron chi connectivity index (χ2n) is 0.447. The molecule has 6 heteroatoms. The van der Waals surface area contributed by atoms with Crippen LogP contribution in [-0.4, -0.2) is 0 Å². The van der Waals surface area contributed by atoms with Crippen molar-refractivity contribution in [2.45, 2.75) is 0 Å². The third kappa shape index (κ3) is 359. The van der Waals surface area contributed by atoms with Gasteiger partial charge in [-0.3, -0.25) is 0 Å². The number of hydrogen-bond acceptors (Lipinski definition) is 4. The van der Waals surface area contributed by atoms with Crippen LogP contribution >= 0.6 is 7.82 Å². The van der Waals surface area contributed by atoms with Crippen LogP contribution in [-0.2, 0) is 21.6 Å². The second-order valence-corrected chi connectivity index (χ2v) is 1.34. The van der Waals surface area contributed by atoms with E-state index < -0.39 is 7.82 Å². The summed E-state index contributed by atoms with van der Waals surface area (Å²) < 4.78 is 8.55. The Hall–Kier alpha value is 0.629. The van der Waals surface area contributed by atoms with E-state index in [2.05, 4.69) is 0 Å². The van der Waals surface area contributed by atoms with Crippen LogP contribution in [0, 0.1) is 7.43 Å². The smallest absolute Gasteiger partial charge is 0.822 e. The summed E-state index contributed by atoms with van der Waals surface area (Å²) in [5, 5.41) is 0. The summed E-state index contributed by atoms with van der Waals surface area (Å²) in [5.74, 6) is 0. The molecule has 0 spiro atoms. The molecule has 7 heavy (non-hydrogen) atoms. The van der Waals surface area contributed by atoms with Crippen molar-refractivity contribution in [3.8, 4) is 0 Å². The molecule has 0 aromatic carbocycles. The van der Waals surface area contributed by atoms with E-state index in [1.807, 2.05) is 0 Å². The summed E-state index contributed by atoms with van der Waals surface area (Å²) in [6.45, 7) is 0. The average molecular weight is 163 g/mol. The molecule has 0 N–H and O–H groups in total. The van der Waals surface area contributed by atoms with Gasteiger partial charge in [-0.05, 0) is 0 Å². The molecule has 0 saturated heterocycles. The van der Waals surface area contributed by atoms with E-state index >= 15 is 0 Å². The van der Waals surface area contributed by atoms with Crippen LogP contribution in [0.3, 0.4) is 0 Å². The summed E-state index contributed by atoms with van der Waals surface area (Å²) in [6, 6.07) is 0. The fraction of sp³-hybridized carbons (Fsp3) is 0. The Kier molecular flexibility index (Phi) is 10.7. The van der Waals surface area contributed by atoms with E-state index in [9.17, 15) is 0 Å². The van der Waals surface area contributed by atoms with Crippen molar-refractivity contribution in [1.82, 2.24) is 0 Å². The van der Waals surface area contributed by atoms with Gasteiger partial charge >= 0.3 is 17.1 Å². The van der Waals surface area contributed by atoms with E-state index in [1.54, 1.807) is 0 Å². The second kappa shape index (κ2) is 4.78. The minimum absolute atomic E-state index is 0. The SMILES string of the molecule is O=P([O-])([O-])[O-].[C].[Fe+3]. The molecule has 0 aromatic rings. The molecule has 0 saturated carbocycles. The van der Waals surface area contributed by atoms with E-state index in [0.29, 0.717) is 0 Å². The number of phosphoric acid groups is 1. The van der Waals surface area contributed by atoms with Gasteiger partial charge in [0, 0.05) is 7.43 Å². The molecule has 5 radical (unpaired) electrons. The Labute approximate surface area is 52.3 Å². The topological polar surface area (TPSA) is 86.2 Å². The van der Waals surface area contributed by atoms with Crippen LogP contribution in [0.25, 0.3) is 0 Å². The molecule has 0 rings (SSSR count). The molecule has 0 amide bonds. The zero-order valence-electron chi connectivity index (χ0n) is 2.93. The van der Waals surface area contributed by atoms with Crippen LogP contribution in [0.4, 0.5) is 0 Å². The molecular weight excluding hydrogens is 163 g/mol. The maximum atomic E-state index is 8.55. The van der Waals surface area contributed by atoms with Crippen molar-refractivity contribution < 1.29 is 36.3 Å². The minimum atomic E-state index is -5.39. The van der Waals surface area contributed by atoms with Gasteiger partial charge in [0.1, 0.15) is 0 Å². The molecule has 0 atom stereocenters. The van der Waals surface area contributed by atoms with Gasteiger partial charge in [0.05, 0.1) is 0 Å². The predicted molar refractivity (Wildman–Crippen MR) is 10.8 cm³/mol. The molecular formula is CFeO4P. The van der Waals surface area contributed by atoms with E-state index in [-0.39, 0.29) is 24.5 Å². The van der Waals surface area contributed by atoms with E-state index in [4.69, 9.17) is 19.2 Å². The first-order chi connectivity index (χ1) is 2.00. The van der Waals surface area contributed by atoms with Gasteiger partial charge in [-0.15, -0.1) is 0 Å². The predicted octanol–water partition coefficient (Wildman–Crippen LogP) is -2.75. The van der Waals surface area contributed by atoms with Crippen molar-refractivity contribution >= 4 is 7.82 Å². The summed E-state index contributed by atoms with van der Waals surface area (Å²) in [7, 11) is -5.39. The van der Waals surface area contributed by atoms with Gasteiger partial charge in [-0.25, -0.2) is 0 Å². The zero-order valence-corrected chi connectivity index (χ0v) is 4.93. The van der Waals surface area contributed by atoms with Gasteiger partial charge in [-0.1, -0.05) is 0 Å². The average Bonchev–Trinajstić information content (AvgIpc) is 0.722. The Balaban J connectivity index is -0.0000000800. The fourth-order valence-electron chi connectivity index (χ4n) is 0. The van der Waals surface area contributed by atoms with Crippen LogP contribution in [0.5, 0.6) is 0 Å². The quantitative estimate of drug-likeness (QED) is 0.286. The van der Waals surface area contributed by atoms with Gasteiger partial charge in [0.15, 0.2) is 0 Å². The molecule has 0 unspecified atom stereocenters. The Bertz CT molecular complexity index is 57.8. The number of rotatable bonds is 0. The monoisotopic (exact) mass is 163 g/mol. The van der Waals surface area contributed by atoms with Crippen molar-refractivity contribution in [2.75, 3.05) is 0 Å². The maximum absolute atomic E-state index is 8.55. The zero-order chi connectivity index (χ0) is 4.50. The maximum Gasteiger partial charge on any atom is 3.00 e. The molecule has 0 heterocycles. The van der Waals surface area contributed by atoms with Crippen LogP contribution in [0.2, 0.25) is 0 Å². The van der Waals surface area contributed by atoms with Crippen molar-refractivity contribution in [2.24, 2.45) is 0 Å². The van der Waals surface area contributed by atoms with E-state index in [1.165, 1.54) is 0 Å². The van der Waals surface area contributed by atoms with Crippen LogP contribution in [0.1, 0.15) is 0 Å². The summed E-state index contributed by atoms with van der Waals surface area (Å²) in [5.41, 5.74) is 0. The number of hydrogen-bond donors (Lipinski definition) is 0. The third-order valence-corrected chi connectivity index (χ3v) is 0. The van der Waals surface area contributed by atoms with Crippen molar-refractivity contribution in [3.63, 3.8) is 0 Å². The fourth-order valence-corrected chi connectivity index (χ4v) is 0. The molecule has 41 valence electrons. The Morgan fingerprint density at radius 1 is 1.14 bits per heavy atom. The minimum Gasteiger partial charge on any atom is -0.822 e. The molecule has 0 fully saturated rings. The van der Waals surface area contributed by atoms with Crippen LogP contribution < -0.4 is 14.7 Å². The van der Waals surface area contributed by atoms with Crippen molar-refractivity contribution in [3.05, 3.63) is 7.43 Å². The normalized spacial score (nSPS) is 8.43. The van der Waals surface area contributed by atoms with Crippen molar-refractivity contribution in [1.29, 1.82) is 0 Å². The first kappa shape index (κ1) is 15.6. The molecule has 0 aromatic heterocycles. The molecule has 4 nitrogen and oxygen atoms in total. The summed E-state index contributed by atoms with van der Waals surface area (Å²) in [4.78, 5) is 25.6. The van der Waals surface area contributed by atoms with Gasteiger partial charge in [-0.2, -0.15) is 7.82 Å². The van der Waals surface area contributed by atoms with E-state index in [0.717, 1.165) is 0 Å². The first-order valence-corrected chi connectivity index (χ1v) is 2.19. The first-order valence-electron chi connectivity index (χ1n) is 0.730. The standard InChI is InChI=1S/C.Fe.H3O4P/c;;1-5(2,3)4/h;;(H3,1,2,3,4)/q;+3;/p-3. The third-order valence-electron chi connectivity index (χ3n) is 0. The van der Waals surface area contributed by atoms with Crippen LogP contribution in [0.15, 0.2) is 0 Å². The summed E-state index contributed by atoms with van der Waals surface area (Å²) >= 11 is 0. The Morgan fingerprint density at radius 3 is 1.14 bits per heavy atom. The van der Waals surface area contributed by atoms with Gasteiger partial charge in [0.2, 0.25) is 0 Å².